The van der Waals surface area contributed by atoms with Crippen molar-refractivity contribution in [3.63, 3.8) is 0 Å². The predicted octanol–water partition coefficient (Wildman–Crippen LogP) is 5.40. The number of carbonyl (C=O) groups excluding carboxylic acids is 1. The van der Waals surface area contributed by atoms with Crippen LogP contribution in [-0.2, 0) is 12.7 Å². The van der Waals surface area contributed by atoms with Gasteiger partial charge in [-0.05, 0) is 42.7 Å². The van der Waals surface area contributed by atoms with Gasteiger partial charge in [0.15, 0.2) is 0 Å². The van der Waals surface area contributed by atoms with Gasteiger partial charge in [-0.25, -0.2) is 9.78 Å². The summed E-state index contributed by atoms with van der Waals surface area (Å²) in [6.45, 7) is 5.54. The number of carbonyl (C=O) groups is 1. The second kappa shape index (κ2) is 10.3. The summed E-state index contributed by atoms with van der Waals surface area (Å²) in [5.41, 5.74) is 1.13. The molecule has 0 unspecified atom stereocenters. The Bertz CT molecular complexity index is 1000. The fraction of sp³-hybridized carbons (Fsp3) is 0.364. The molecule has 0 radical (unpaired) electrons. The van der Waals surface area contributed by atoms with E-state index in [1.807, 2.05) is 19.9 Å². The van der Waals surface area contributed by atoms with E-state index < -0.39 is 12.1 Å². The molecule has 170 valence electrons. The predicted molar refractivity (Wildman–Crippen MR) is 113 cm³/mol. The van der Waals surface area contributed by atoms with Gasteiger partial charge in [-0.15, -0.1) is 10.2 Å². The quantitative estimate of drug-likeness (QED) is 0.462. The van der Waals surface area contributed by atoms with Gasteiger partial charge in [0.05, 0.1) is 6.54 Å². The molecule has 0 spiro atoms. The monoisotopic (exact) mass is 447 g/mol. The van der Waals surface area contributed by atoms with Crippen LogP contribution in [0.3, 0.4) is 0 Å². The molecule has 0 aliphatic heterocycles. The van der Waals surface area contributed by atoms with Crippen molar-refractivity contribution in [1.29, 1.82) is 0 Å². The Morgan fingerprint density at radius 1 is 1.00 bits per heavy atom. The maximum absolute atomic E-state index is 13.3. The second-order valence-corrected chi connectivity index (χ2v) is 7.15. The third kappa shape index (κ3) is 5.63. The number of rotatable bonds is 8. The van der Waals surface area contributed by atoms with Crippen molar-refractivity contribution in [2.24, 2.45) is 0 Å². The lowest BCUT2D eigenvalue weighted by molar-refractivity contribution is -0.156. The van der Waals surface area contributed by atoms with Gasteiger partial charge in [0.1, 0.15) is 5.82 Å². The molecule has 32 heavy (non-hydrogen) atoms. The lowest BCUT2D eigenvalue weighted by atomic mass is 10.1. The third-order valence-corrected chi connectivity index (χ3v) is 4.62. The lowest BCUT2D eigenvalue weighted by Gasteiger charge is -2.30. The number of anilines is 1. The van der Waals surface area contributed by atoms with Crippen LogP contribution in [0.25, 0.3) is 11.5 Å². The molecule has 10 heteroatoms. The topological polar surface area (TPSA) is 75.4 Å². The molecule has 2 amide bonds. The maximum atomic E-state index is 13.3. The van der Waals surface area contributed by atoms with Crippen LogP contribution in [0.1, 0.15) is 38.1 Å². The van der Waals surface area contributed by atoms with E-state index in [9.17, 15) is 18.0 Å². The number of benzene rings is 1. The number of urea groups is 1. The zero-order valence-electron chi connectivity index (χ0n) is 17.8. The zero-order valence-corrected chi connectivity index (χ0v) is 17.8. The van der Waals surface area contributed by atoms with Crippen LogP contribution >= 0.6 is 0 Å². The van der Waals surface area contributed by atoms with E-state index in [0.29, 0.717) is 24.5 Å². The van der Waals surface area contributed by atoms with Gasteiger partial charge in [-0.3, -0.25) is 4.90 Å². The summed E-state index contributed by atoms with van der Waals surface area (Å²) in [6, 6.07) is 11.8. The average Bonchev–Trinajstić information content (AvgIpc) is 3.29. The van der Waals surface area contributed by atoms with E-state index in [-0.39, 0.29) is 18.5 Å². The summed E-state index contributed by atoms with van der Waals surface area (Å²) < 4.78 is 42.8. The minimum atomic E-state index is -4.70. The summed E-state index contributed by atoms with van der Waals surface area (Å²) >= 11 is 0. The van der Waals surface area contributed by atoms with Crippen molar-refractivity contribution in [1.82, 2.24) is 20.1 Å². The number of aromatic nitrogens is 3. The van der Waals surface area contributed by atoms with E-state index in [2.05, 4.69) is 15.2 Å². The summed E-state index contributed by atoms with van der Waals surface area (Å²) in [5.74, 6) is -1.10. The number of nitrogens with zero attached hydrogens (tertiary/aromatic N) is 5. The molecule has 0 atom stereocenters. The van der Waals surface area contributed by atoms with E-state index in [1.165, 1.54) is 0 Å². The fourth-order valence-corrected chi connectivity index (χ4v) is 3.16. The van der Waals surface area contributed by atoms with E-state index in [1.54, 1.807) is 52.4 Å². The van der Waals surface area contributed by atoms with Crippen LogP contribution in [0.15, 0.2) is 53.1 Å². The molecule has 3 rings (SSSR count). The minimum absolute atomic E-state index is 0.150. The molecule has 1 aromatic carbocycles. The SMILES string of the molecule is CCCN(CCC)C(=O)N(Cc1ccc(-c2nnc(C(F)(F)F)o2)cc1)c1ccccn1. The Labute approximate surface area is 183 Å². The van der Waals surface area contributed by atoms with Crippen LogP contribution < -0.4 is 4.90 Å². The van der Waals surface area contributed by atoms with Crippen molar-refractivity contribution in [3.8, 4) is 11.5 Å². The van der Waals surface area contributed by atoms with Gasteiger partial charge in [0.25, 0.3) is 0 Å². The van der Waals surface area contributed by atoms with Crippen molar-refractivity contribution >= 4 is 11.8 Å². The summed E-state index contributed by atoms with van der Waals surface area (Å²) in [5, 5.41) is 6.51. The zero-order chi connectivity index (χ0) is 23.1. The smallest absolute Gasteiger partial charge is 0.413 e. The standard InChI is InChI=1S/C22H24F3N5O2/c1-3-13-29(14-4-2)21(31)30(18-7-5-6-12-26-18)15-16-8-10-17(11-9-16)19-27-28-20(32-19)22(23,24)25/h5-12H,3-4,13-15H2,1-2H3. The number of halogens is 3. The van der Waals surface area contributed by atoms with Gasteiger partial charge in [-0.2, -0.15) is 13.2 Å². The highest BCUT2D eigenvalue weighted by Gasteiger charge is 2.38. The molecule has 0 saturated carbocycles. The first kappa shape index (κ1) is 23.2. The number of amides is 2. The minimum Gasteiger partial charge on any atom is -0.413 e. The molecule has 0 bridgehead atoms. The van der Waals surface area contributed by atoms with Gasteiger partial charge in [-0.1, -0.05) is 32.0 Å². The molecule has 0 aliphatic carbocycles. The molecule has 2 aromatic heterocycles. The maximum Gasteiger partial charge on any atom is 0.470 e. The molecule has 0 N–H and O–H groups in total. The molecular weight excluding hydrogens is 423 g/mol. The van der Waals surface area contributed by atoms with E-state index in [4.69, 9.17) is 4.42 Å². The van der Waals surface area contributed by atoms with Crippen LogP contribution in [-0.4, -0.2) is 39.2 Å². The fourth-order valence-electron chi connectivity index (χ4n) is 3.16. The molecule has 0 fully saturated rings. The Hall–Kier alpha value is -3.43. The first-order chi connectivity index (χ1) is 15.3. The number of hydrogen-bond acceptors (Lipinski definition) is 5. The summed E-state index contributed by atoms with van der Waals surface area (Å²) in [6.07, 6.45) is -1.41. The second-order valence-electron chi connectivity index (χ2n) is 7.15. The van der Waals surface area contributed by atoms with Gasteiger partial charge in [0, 0.05) is 24.8 Å². The highest BCUT2D eigenvalue weighted by Crippen LogP contribution is 2.30. The van der Waals surface area contributed by atoms with Crippen molar-refractivity contribution < 1.29 is 22.4 Å². The van der Waals surface area contributed by atoms with Crippen LogP contribution in [0.5, 0.6) is 0 Å². The van der Waals surface area contributed by atoms with Crippen LogP contribution in [0.2, 0.25) is 0 Å². The van der Waals surface area contributed by atoms with Gasteiger partial charge < -0.3 is 9.32 Å². The number of pyridine rings is 1. The lowest BCUT2D eigenvalue weighted by Crippen LogP contribution is -2.44. The summed E-state index contributed by atoms with van der Waals surface area (Å²) in [4.78, 5) is 21.0. The Morgan fingerprint density at radius 2 is 1.69 bits per heavy atom. The van der Waals surface area contributed by atoms with Gasteiger partial charge in [0.2, 0.25) is 5.89 Å². The first-order valence-electron chi connectivity index (χ1n) is 10.3. The molecule has 0 saturated heterocycles. The van der Waals surface area contributed by atoms with Crippen LogP contribution in [0.4, 0.5) is 23.8 Å². The Kier molecular flexibility index (Phi) is 7.45. The molecule has 7 nitrogen and oxygen atoms in total. The molecule has 2 heterocycles. The van der Waals surface area contributed by atoms with E-state index in [0.717, 1.165) is 18.4 Å². The Morgan fingerprint density at radius 3 is 2.22 bits per heavy atom. The van der Waals surface area contributed by atoms with Crippen molar-refractivity contribution in [2.75, 3.05) is 18.0 Å². The highest BCUT2D eigenvalue weighted by atomic mass is 19.4. The summed E-state index contributed by atoms with van der Waals surface area (Å²) in [7, 11) is 0. The number of hydrogen-bond donors (Lipinski definition) is 0. The molecule has 3 aromatic rings. The molecule has 0 aliphatic rings. The first-order valence-corrected chi connectivity index (χ1v) is 10.3. The van der Waals surface area contributed by atoms with E-state index >= 15 is 0 Å². The normalized spacial score (nSPS) is 11.4. The largest absolute Gasteiger partial charge is 0.470 e. The van der Waals surface area contributed by atoms with Crippen molar-refractivity contribution in [2.45, 2.75) is 39.4 Å². The highest BCUT2D eigenvalue weighted by molar-refractivity contribution is 5.91. The average molecular weight is 447 g/mol. The van der Waals surface area contributed by atoms with Crippen LogP contribution in [0, 0.1) is 0 Å². The van der Waals surface area contributed by atoms with Crippen molar-refractivity contribution in [3.05, 3.63) is 60.1 Å². The number of alkyl halides is 3. The molecular formula is C22H24F3N5O2. The third-order valence-electron chi connectivity index (χ3n) is 4.62. The Balaban J connectivity index is 1.83. The van der Waals surface area contributed by atoms with Gasteiger partial charge >= 0.3 is 18.1 Å².